The summed E-state index contributed by atoms with van der Waals surface area (Å²) in [4.78, 5) is 29.4. The molecule has 0 unspecified atom stereocenters. The molecule has 6 heteroatoms. The van der Waals surface area contributed by atoms with Crippen molar-refractivity contribution in [2.45, 2.75) is 25.4 Å². The molecule has 3 aliphatic rings. The molecule has 2 atom stereocenters. The fourth-order valence-electron chi connectivity index (χ4n) is 4.31. The third-order valence-electron chi connectivity index (χ3n) is 5.62. The Morgan fingerprint density at radius 1 is 1.08 bits per heavy atom. The Kier molecular flexibility index (Phi) is 3.62. The molecular formula is C20H21N5O. The number of hydrogen-bond donors (Lipinski definition) is 1. The van der Waals surface area contributed by atoms with Gasteiger partial charge in [0.1, 0.15) is 17.8 Å². The minimum atomic E-state index is 0.0430. The lowest BCUT2D eigenvalue weighted by atomic mass is 9.93. The molecule has 6 nitrogen and oxygen atoms in total. The van der Waals surface area contributed by atoms with Crippen molar-refractivity contribution in [3.05, 3.63) is 54.5 Å². The normalized spacial score (nSPS) is 22.8. The molecule has 6 rings (SSSR count). The number of aromatic nitrogens is 3. The van der Waals surface area contributed by atoms with Crippen molar-refractivity contribution < 1.29 is 4.79 Å². The van der Waals surface area contributed by atoms with E-state index in [0.29, 0.717) is 6.54 Å². The minimum Gasteiger partial charge on any atom is -0.353 e. The number of H-pyrrole nitrogens is 1. The van der Waals surface area contributed by atoms with Crippen LogP contribution in [0.5, 0.6) is 0 Å². The first-order chi connectivity index (χ1) is 12.8. The Morgan fingerprint density at radius 3 is 2.85 bits per heavy atom. The van der Waals surface area contributed by atoms with Gasteiger partial charge in [-0.2, -0.15) is 0 Å². The molecule has 0 radical (unpaired) electrons. The number of anilines is 1. The number of rotatable bonds is 3. The van der Waals surface area contributed by atoms with Gasteiger partial charge in [0.05, 0.1) is 11.3 Å². The number of nitrogens with one attached hydrogen (secondary N) is 1. The van der Waals surface area contributed by atoms with Gasteiger partial charge in [-0.15, -0.1) is 0 Å². The molecule has 1 aromatic carbocycles. The third-order valence-corrected chi connectivity index (χ3v) is 5.62. The summed E-state index contributed by atoms with van der Waals surface area (Å²) in [6.07, 6.45) is 5.51. The van der Waals surface area contributed by atoms with Crippen LogP contribution in [0.25, 0.3) is 11.0 Å². The maximum Gasteiger partial charge on any atom is 0.228 e. The largest absolute Gasteiger partial charge is 0.353 e. The molecule has 132 valence electrons. The molecule has 1 amide bonds. The van der Waals surface area contributed by atoms with E-state index in [2.05, 4.69) is 36.9 Å². The van der Waals surface area contributed by atoms with E-state index in [-0.39, 0.29) is 17.9 Å². The molecular weight excluding hydrogens is 326 g/mol. The predicted molar refractivity (Wildman–Crippen MR) is 99.6 cm³/mol. The summed E-state index contributed by atoms with van der Waals surface area (Å²) < 4.78 is 0. The Morgan fingerprint density at radius 2 is 1.96 bits per heavy atom. The maximum atomic E-state index is 13.1. The molecule has 3 aromatic rings. The molecule has 26 heavy (non-hydrogen) atoms. The molecule has 0 saturated carbocycles. The fourth-order valence-corrected chi connectivity index (χ4v) is 4.31. The summed E-state index contributed by atoms with van der Waals surface area (Å²) in [6.45, 7) is 2.25. The fraction of sp³-hybridized carbons (Fsp3) is 0.350. The highest BCUT2D eigenvalue weighted by Crippen LogP contribution is 2.33. The van der Waals surface area contributed by atoms with E-state index in [4.69, 9.17) is 0 Å². The van der Waals surface area contributed by atoms with E-state index < -0.39 is 0 Å². The van der Waals surface area contributed by atoms with Crippen LogP contribution in [0.4, 0.5) is 5.82 Å². The summed E-state index contributed by atoms with van der Waals surface area (Å²) >= 11 is 0. The topological polar surface area (TPSA) is 65.1 Å². The predicted octanol–water partition coefficient (Wildman–Crippen LogP) is 2.59. The number of piperidine rings is 1. The Hall–Kier alpha value is -2.89. The van der Waals surface area contributed by atoms with E-state index in [9.17, 15) is 4.79 Å². The van der Waals surface area contributed by atoms with Gasteiger partial charge in [-0.1, -0.05) is 30.3 Å². The first-order valence-electron chi connectivity index (χ1n) is 9.17. The lowest BCUT2D eigenvalue weighted by Crippen LogP contribution is -2.47. The average molecular weight is 347 g/mol. The highest BCUT2D eigenvalue weighted by molar-refractivity contribution is 5.88. The molecule has 3 aliphatic heterocycles. The molecule has 3 saturated heterocycles. The van der Waals surface area contributed by atoms with E-state index in [1.54, 1.807) is 6.33 Å². The second-order valence-electron chi connectivity index (χ2n) is 7.22. The van der Waals surface area contributed by atoms with Crippen molar-refractivity contribution in [3.63, 3.8) is 0 Å². The van der Waals surface area contributed by atoms with Gasteiger partial charge in [0, 0.05) is 31.9 Å². The van der Waals surface area contributed by atoms with Gasteiger partial charge in [0.15, 0.2) is 0 Å². The lowest BCUT2D eigenvalue weighted by molar-refractivity contribution is -0.140. The molecule has 2 aromatic heterocycles. The van der Waals surface area contributed by atoms with E-state index in [1.807, 2.05) is 30.5 Å². The smallest absolute Gasteiger partial charge is 0.228 e. The summed E-state index contributed by atoms with van der Waals surface area (Å²) in [7, 11) is 0. The number of carbonyl (C=O) groups excluding carboxylic acids is 1. The van der Waals surface area contributed by atoms with Crippen molar-refractivity contribution in [3.8, 4) is 0 Å². The zero-order valence-corrected chi connectivity index (χ0v) is 14.5. The first kappa shape index (κ1) is 15.4. The number of amides is 1. The van der Waals surface area contributed by atoms with E-state index in [0.717, 1.165) is 42.8 Å². The number of hydrogen-bond acceptors (Lipinski definition) is 4. The van der Waals surface area contributed by atoms with Crippen molar-refractivity contribution in [2.24, 2.45) is 5.92 Å². The van der Waals surface area contributed by atoms with Crippen molar-refractivity contribution in [1.29, 1.82) is 0 Å². The lowest BCUT2D eigenvalue weighted by Gasteiger charge is -2.36. The van der Waals surface area contributed by atoms with Crippen LogP contribution in [0, 0.1) is 5.92 Å². The van der Waals surface area contributed by atoms with Crippen molar-refractivity contribution in [1.82, 2.24) is 19.9 Å². The molecule has 0 spiro atoms. The Labute approximate surface area is 151 Å². The van der Waals surface area contributed by atoms with Crippen LogP contribution in [-0.2, 0) is 11.3 Å². The number of benzene rings is 1. The van der Waals surface area contributed by atoms with Crippen LogP contribution in [0.1, 0.15) is 18.4 Å². The number of fused-ring (bicyclic) bond motifs is 5. The third kappa shape index (κ3) is 2.53. The molecule has 3 fully saturated rings. The van der Waals surface area contributed by atoms with Gasteiger partial charge in [-0.25, -0.2) is 9.97 Å². The average Bonchev–Trinajstić information content (AvgIpc) is 3.00. The Bertz CT molecular complexity index is 938. The second kappa shape index (κ2) is 6.12. The monoisotopic (exact) mass is 347 g/mol. The van der Waals surface area contributed by atoms with Crippen molar-refractivity contribution in [2.75, 3.05) is 18.0 Å². The van der Waals surface area contributed by atoms with Gasteiger partial charge in [0.25, 0.3) is 0 Å². The number of aromatic amines is 1. The SMILES string of the molecule is O=C1[C@H]2CC[C@H](CN(c3ncnc4[nH]ccc34)C2)N1Cc1ccccc1. The summed E-state index contributed by atoms with van der Waals surface area (Å²) in [5.74, 6) is 1.26. The van der Waals surface area contributed by atoms with Crippen LogP contribution >= 0.6 is 0 Å². The first-order valence-corrected chi connectivity index (χ1v) is 9.17. The van der Waals surface area contributed by atoms with Crippen LogP contribution in [0.2, 0.25) is 0 Å². The van der Waals surface area contributed by atoms with E-state index >= 15 is 0 Å². The molecule has 1 N–H and O–H groups in total. The zero-order valence-electron chi connectivity index (χ0n) is 14.5. The second-order valence-corrected chi connectivity index (χ2v) is 7.22. The van der Waals surface area contributed by atoms with E-state index in [1.165, 1.54) is 5.56 Å². The molecule has 2 bridgehead atoms. The molecule has 5 heterocycles. The van der Waals surface area contributed by atoms with Crippen LogP contribution < -0.4 is 4.90 Å². The minimum absolute atomic E-state index is 0.0430. The van der Waals surface area contributed by atoms with Crippen LogP contribution in [-0.4, -0.2) is 44.9 Å². The van der Waals surface area contributed by atoms with Gasteiger partial charge >= 0.3 is 0 Å². The zero-order chi connectivity index (χ0) is 17.5. The highest BCUT2D eigenvalue weighted by Gasteiger charge is 2.41. The Balaban J connectivity index is 1.46. The molecule has 0 aliphatic carbocycles. The van der Waals surface area contributed by atoms with Crippen LogP contribution in [0.3, 0.4) is 0 Å². The van der Waals surface area contributed by atoms with Gasteiger partial charge in [-0.05, 0) is 24.5 Å². The maximum absolute atomic E-state index is 13.1. The van der Waals surface area contributed by atoms with Crippen molar-refractivity contribution >= 4 is 22.8 Å². The summed E-state index contributed by atoms with van der Waals surface area (Å²) in [6, 6.07) is 12.5. The van der Waals surface area contributed by atoms with Gasteiger partial charge in [-0.3, -0.25) is 4.79 Å². The summed E-state index contributed by atoms with van der Waals surface area (Å²) in [5, 5.41) is 1.02. The highest BCUT2D eigenvalue weighted by atomic mass is 16.2. The van der Waals surface area contributed by atoms with Gasteiger partial charge < -0.3 is 14.8 Å². The number of carbonyl (C=O) groups is 1. The summed E-state index contributed by atoms with van der Waals surface area (Å²) in [5.41, 5.74) is 2.04. The number of nitrogens with zero attached hydrogens (tertiary/aromatic N) is 4. The van der Waals surface area contributed by atoms with Gasteiger partial charge in [0.2, 0.25) is 5.91 Å². The standard InChI is InChI=1S/C20H21N5O/c26-20-15-6-7-16(25(20)10-14-4-2-1-3-5-14)12-24(11-15)19-17-8-9-21-18(17)22-13-23-19/h1-5,8-9,13,15-16H,6-7,10-12H2,(H,21,22,23)/t15-,16+/m0/s1. The van der Waals surface area contributed by atoms with Crippen LogP contribution in [0.15, 0.2) is 48.9 Å². The quantitative estimate of drug-likeness (QED) is 0.791.